The minimum Gasteiger partial charge on any atom is -0.399 e. The first-order chi connectivity index (χ1) is 13.3. The predicted molar refractivity (Wildman–Crippen MR) is 111 cm³/mol. The molecule has 0 aromatic carbocycles. The summed E-state index contributed by atoms with van der Waals surface area (Å²) in [6.45, 7) is 7.00. The minimum atomic E-state index is -0.358. The van der Waals surface area contributed by atoms with Crippen LogP contribution in [0.25, 0.3) is 0 Å². The lowest BCUT2D eigenvalue weighted by molar-refractivity contribution is -0.0705. The average molecular weight is 389 g/mol. The molecular formula is C23H36N2O3. The van der Waals surface area contributed by atoms with Crippen molar-refractivity contribution >= 4 is 11.4 Å². The molecule has 156 valence electrons. The van der Waals surface area contributed by atoms with Crippen LogP contribution in [0, 0.1) is 34.5 Å². The molecule has 28 heavy (non-hydrogen) atoms. The van der Waals surface area contributed by atoms with Gasteiger partial charge in [-0.3, -0.25) is 0 Å². The first-order valence-electron chi connectivity index (χ1n) is 10.9. The second-order valence-electron chi connectivity index (χ2n) is 10.0. The van der Waals surface area contributed by atoms with Gasteiger partial charge in [-0.25, -0.2) is 0 Å². The summed E-state index contributed by atoms with van der Waals surface area (Å²) in [7, 11) is 3.24. The molecular weight excluding hydrogens is 352 g/mol. The Balaban J connectivity index is 1.65. The van der Waals surface area contributed by atoms with E-state index in [-0.39, 0.29) is 16.9 Å². The van der Waals surface area contributed by atoms with Gasteiger partial charge in [-0.2, -0.15) is 0 Å². The van der Waals surface area contributed by atoms with Crippen molar-refractivity contribution in [2.45, 2.75) is 71.8 Å². The van der Waals surface area contributed by atoms with Gasteiger partial charge in [0, 0.05) is 5.92 Å². The maximum Gasteiger partial charge on any atom is 0.106 e. The minimum absolute atomic E-state index is 0.0875. The van der Waals surface area contributed by atoms with E-state index in [1.54, 1.807) is 14.2 Å². The Hall–Kier alpha value is -1.36. The average Bonchev–Trinajstić information content (AvgIpc) is 3.01. The molecule has 0 aromatic heterocycles. The Morgan fingerprint density at radius 3 is 2.61 bits per heavy atom. The van der Waals surface area contributed by atoms with Gasteiger partial charge in [0.25, 0.3) is 0 Å². The van der Waals surface area contributed by atoms with E-state index >= 15 is 0 Å². The highest BCUT2D eigenvalue weighted by Gasteiger charge is 2.60. The normalized spacial score (nSPS) is 47.1. The molecule has 0 radical (unpaired) electrons. The number of nitrogens with zero attached hydrogens (tertiary/aromatic N) is 2. The number of hydrogen-bond acceptors (Lipinski definition) is 5. The van der Waals surface area contributed by atoms with Crippen LogP contribution in [0.15, 0.2) is 22.0 Å². The fraction of sp³-hybridized carbons (Fsp3) is 0.826. The van der Waals surface area contributed by atoms with Crippen LogP contribution in [0.2, 0.25) is 0 Å². The van der Waals surface area contributed by atoms with Gasteiger partial charge < -0.3 is 14.8 Å². The summed E-state index contributed by atoms with van der Waals surface area (Å²) in [5.41, 5.74) is 3.69. The van der Waals surface area contributed by atoms with E-state index in [9.17, 15) is 5.11 Å². The summed E-state index contributed by atoms with van der Waals surface area (Å²) in [5.74, 6) is 2.42. The number of oxime groups is 2. The molecule has 4 aliphatic rings. The number of aliphatic hydroxyl groups excluding tert-OH is 1. The lowest BCUT2D eigenvalue weighted by Gasteiger charge is -2.59. The molecule has 0 amide bonds. The summed E-state index contributed by atoms with van der Waals surface area (Å²) >= 11 is 0. The van der Waals surface area contributed by atoms with Crippen LogP contribution in [-0.4, -0.2) is 36.9 Å². The van der Waals surface area contributed by atoms with E-state index in [0.29, 0.717) is 23.7 Å². The fourth-order valence-corrected chi connectivity index (χ4v) is 7.70. The molecule has 0 unspecified atom stereocenters. The van der Waals surface area contributed by atoms with E-state index in [1.165, 1.54) is 31.3 Å². The standard InChI is InChI=1S/C23H36N2O3/c1-14(24-27-4)17-6-7-18-16-13-21(26)20-12-15(25-28-5)8-10-23(20,3)19(16)9-11-22(17,18)2/h12,16-19,21,26H,6-11,13H2,1-5H3/b24-14+,25-15-/t16-,17+,18-,19-,21-,22+,23+/m0/s1. The molecule has 0 aromatic rings. The number of fused-ring (bicyclic) bond motifs is 5. The van der Waals surface area contributed by atoms with Gasteiger partial charge in [0.05, 0.1) is 17.5 Å². The Bertz CT molecular complexity index is 715. The zero-order valence-electron chi connectivity index (χ0n) is 18.1. The van der Waals surface area contributed by atoms with Gasteiger partial charge in [-0.1, -0.05) is 24.2 Å². The number of allylic oxidation sites excluding steroid dienone is 1. The second-order valence-corrected chi connectivity index (χ2v) is 10.0. The second kappa shape index (κ2) is 7.16. The molecule has 4 rings (SSSR count). The summed E-state index contributed by atoms with van der Waals surface area (Å²) < 4.78 is 0. The molecule has 3 saturated carbocycles. The zero-order chi connectivity index (χ0) is 20.1. The highest BCUT2D eigenvalue weighted by molar-refractivity contribution is 5.96. The van der Waals surface area contributed by atoms with Crippen LogP contribution in [-0.2, 0) is 9.68 Å². The van der Waals surface area contributed by atoms with Crippen molar-refractivity contribution in [2.75, 3.05) is 14.2 Å². The molecule has 4 aliphatic carbocycles. The van der Waals surface area contributed by atoms with Gasteiger partial charge in [-0.05, 0) is 92.1 Å². The Kier molecular flexibility index (Phi) is 5.09. The SMILES string of the molecule is CO/N=C1\C=C2[C@@H](O)C[C@H]3[C@@H]4CC[C@H](/C(C)=N/OC)[C@@]4(C)CC[C@@H]3[C@@]2(C)CC1. The summed E-state index contributed by atoms with van der Waals surface area (Å²) in [6.07, 6.45) is 9.60. The van der Waals surface area contributed by atoms with E-state index in [1.807, 2.05) is 0 Å². The molecule has 0 bridgehead atoms. The largest absolute Gasteiger partial charge is 0.399 e. The third-order valence-electron chi connectivity index (χ3n) is 8.94. The molecule has 7 atom stereocenters. The molecule has 0 heterocycles. The van der Waals surface area contributed by atoms with Crippen molar-refractivity contribution in [3.63, 3.8) is 0 Å². The van der Waals surface area contributed by atoms with Crippen LogP contribution >= 0.6 is 0 Å². The molecule has 5 nitrogen and oxygen atoms in total. The highest BCUT2D eigenvalue weighted by Crippen LogP contribution is 2.66. The first kappa shape index (κ1) is 19.9. The molecule has 1 N–H and O–H groups in total. The van der Waals surface area contributed by atoms with Gasteiger partial charge in [0.15, 0.2) is 0 Å². The van der Waals surface area contributed by atoms with E-state index in [0.717, 1.165) is 30.7 Å². The highest BCUT2D eigenvalue weighted by atomic mass is 16.6. The maximum absolute atomic E-state index is 11.1. The summed E-state index contributed by atoms with van der Waals surface area (Å²) in [6, 6.07) is 0. The first-order valence-corrected chi connectivity index (χ1v) is 10.9. The lowest BCUT2D eigenvalue weighted by Crippen LogP contribution is -2.54. The smallest absolute Gasteiger partial charge is 0.106 e. The van der Waals surface area contributed by atoms with Crippen molar-refractivity contribution in [3.8, 4) is 0 Å². The van der Waals surface area contributed by atoms with Crippen LogP contribution in [0.1, 0.15) is 65.7 Å². The number of aliphatic hydroxyl groups is 1. The van der Waals surface area contributed by atoms with Crippen LogP contribution < -0.4 is 0 Å². The Morgan fingerprint density at radius 2 is 1.89 bits per heavy atom. The number of hydrogen-bond donors (Lipinski definition) is 1. The molecule has 0 aliphatic heterocycles. The zero-order valence-corrected chi connectivity index (χ0v) is 18.1. The third-order valence-corrected chi connectivity index (χ3v) is 8.94. The summed E-state index contributed by atoms with van der Waals surface area (Å²) in [4.78, 5) is 10.1. The van der Waals surface area contributed by atoms with Crippen LogP contribution in [0.5, 0.6) is 0 Å². The van der Waals surface area contributed by atoms with Crippen LogP contribution in [0.4, 0.5) is 0 Å². The Morgan fingerprint density at radius 1 is 1.11 bits per heavy atom. The summed E-state index contributed by atoms with van der Waals surface area (Å²) in [5, 5.41) is 19.6. The van der Waals surface area contributed by atoms with Gasteiger partial charge in [-0.15, -0.1) is 0 Å². The van der Waals surface area contributed by atoms with E-state index < -0.39 is 0 Å². The number of rotatable bonds is 3. The maximum atomic E-state index is 11.1. The topological polar surface area (TPSA) is 63.4 Å². The quantitative estimate of drug-likeness (QED) is 0.569. The predicted octanol–water partition coefficient (Wildman–Crippen LogP) is 4.56. The van der Waals surface area contributed by atoms with Crippen molar-refractivity contribution in [1.82, 2.24) is 0 Å². The van der Waals surface area contributed by atoms with Gasteiger partial charge >= 0.3 is 0 Å². The monoisotopic (exact) mass is 388 g/mol. The molecule has 0 saturated heterocycles. The van der Waals surface area contributed by atoms with Gasteiger partial charge in [0.1, 0.15) is 14.2 Å². The third kappa shape index (κ3) is 2.84. The fourth-order valence-electron chi connectivity index (χ4n) is 7.70. The molecule has 3 fully saturated rings. The van der Waals surface area contributed by atoms with Crippen molar-refractivity contribution in [3.05, 3.63) is 11.6 Å². The van der Waals surface area contributed by atoms with Crippen molar-refractivity contribution in [2.24, 2.45) is 44.8 Å². The molecule has 0 spiro atoms. The Labute approximate surface area is 169 Å². The van der Waals surface area contributed by atoms with Crippen LogP contribution in [0.3, 0.4) is 0 Å². The molecule has 5 heteroatoms. The van der Waals surface area contributed by atoms with Crippen molar-refractivity contribution in [1.29, 1.82) is 0 Å². The van der Waals surface area contributed by atoms with Crippen molar-refractivity contribution < 1.29 is 14.8 Å². The van der Waals surface area contributed by atoms with E-state index in [4.69, 9.17) is 9.68 Å². The van der Waals surface area contributed by atoms with E-state index in [2.05, 4.69) is 37.2 Å². The van der Waals surface area contributed by atoms with Gasteiger partial charge in [0.2, 0.25) is 0 Å². The lowest BCUT2D eigenvalue weighted by atomic mass is 9.46.